The predicted molar refractivity (Wildman–Crippen MR) is 79.7 cm³/mol. The number of rotatable bonds is 8. The molecule has 0 aliphatic heterocycles. The van der Waals surface area contributed by atoms with Crippen molar-refractivity contribution in [3.63, 3.8) is 0 Å². The molecule has 19 heavy (non-hydrogen) atoms. The standard InChI is InChI=1S/C15H31N3O/c1-2-3-12(10-11-16)4-9-15(19)18-14-7-5-13(17)6-8-14/h12-14H,2-11,16-17H2,1H3,(H,18,19). The third-order valence-electron chi connectivity index (χ3n) is 4.19. The largest absolute Gasteiger partial charge is 0.353 e. The maximum Gasteiger partial charge on any atom is 0.220 e. The van der Waals surface area contributed by atoms with Gasteiger partial charge in [-0.3, -0.25) is 4.79 Å². The summed E-state index contributed by atoms with van der Waals surface area (Å²) in [5.41, 5.74) is 11.5. The molecule has 1 rings (SSSR count). The first-order valence-electron chi connectivity index (χ1n) is 7.90. The molecule has 0 radical (unpaired) electrons. The van der Waals surface area contributed by atoms with Crippen LogP contribution in [0.3, 0.4) is 0 Å². The fourth-order valence-corrected chi connectivity index (χ4v) is 2.98. The van der Waals surface area contributed by atoms with Crippen molar-refractivity contribution in [3.8, 4) is 0 Å². The Morgan fingerprint density at radius 1 is 1.21 bits per heavy atom. The lowest BCUT2D eigenvalue weighted by molar-refractivity contribution is -0.122. The van der Waals surface area contributed by atoms with Crippen molar-refractivity contribution in [2.75, 3.05) is 6.54 Å². The van der Waals surface area contributed by atoms with E-state index >= 15 is 0 Å². The van der Waals surface area contributed by atoms with E-state index in [1.54, 1.807) is 0 Å². The zero-order chi connectivity index (χ0) is 14.1. The van der Waals surface area contributed by atoms with Gasteiger partial charge >= 0.3 is 0 Å². The summed E-state index contributed by atoms with van der Waals surface area (Å²) in [6.07, 6.45) is 9.17. The summed E-state index contributed by atoms with van der Waals surface area (Å²) in [5.74, 6) is 0.819. The number of carbonyl (C=O) groups is 1. The maximum absolute atomic E-state index is 11.9. The molecule has 4 heteroatoms. The Labute approximate surface area is 117 Å². The highest BCUT2D eigenvalue weighted by atomic mass is 16.1. The maximum atomic E-state index is 11.9. The van der Waals surface area contributed by atoms with Gasteiger partial charge in [-0.15, -0.1) is 0 Å². The van der Waals surface area contributed by atoms with E-state index in [9.17, 15) is 4.79 Å². The van der Waals surface area contributed by atoms with E-state index in [2.05, 4.69) is 12.2 Å². The predicted octanol–water partition coefficient (Wildman–Crippen LogP) is 1.92. The average Bonchev–Trinajstić information content (AvgIpc) is 2.39. The summed E-state index contributed by atoms with van der Waals surface area (Å²) < 4.78 is 0. The summed E-state index contributed by atoms with van der Waals surface area (Å²) in [7, 11) is 0. The monoisotopic (exact) mass is 269 g/mol. The number of nitrogens with two attached hydrogens (primary N) is 2. The van der Waals surface area contributed by atoms with Crippen molar-refractivity contribution in [1.29, 1.82) is 0 Å². The number of hydrogen-bond acceptors (Lipinski definition) is 3. The van der Waals surface area contributed by atoms with Gasteiger partial charge in [-0.05, 0) is 51.0 Å². The molecule has 0 aromatic rings. The molecule has 1 atom stereocenters. The highest BCUT2D eigenvalue weighted by Gasteiger charge is 2.20. The van der Waals surface area contributed by atoms with Crippen LogP contribution in [0, 0.1) is 5.92 Å². The van der Waals surface area contributed by atoms with Crippen molar-refractivity contribution >= 4 is 5.91 Å². The third kappa shape index (κ3) is 6.92. The van der Waals surface area contributed by atoms with E-state index in [0.717, 1.165) is 45.1 Å². The van der Waals surface area contributed by atoms with Crippen LogP contribution in [-0.4, -0.2) is 24.5 Å². The molecule has 1 amide bonds. The molecule has 0 aromatic heterocycles. The zero-order valence-corrected chi connectivity index (χ0v) is 12.4. The molecule has 0 bridgehead atoms. The lowest BCUT2D eigenvalue weighted by Gasteiger charge is -2.27. The lowest BCUT2D eigenvalue weighted by atomic mass is 9.91. The van der Waals surface area contributed by atoms with Crippen molar-refractivity contribution in [3.05, 3.63) is 0 Å². The second kappa shape index (κ2) is 9.32. The van der Waals surface area contributed by atoms with Gasteiger partial charge in [-0.25, -0.2) is 0 Å². The Balaban J connectivity index is 2.19. The molecule has 1 aliphatic rings. The minimum absolute atomic E-state index is 0.207. The molecular weight excluding hydrogens is 238 g/mol. The van der Waals surface area contributed by atoms with E-state index in [1.807, 2.05) is 0 Å². The van der Waals surface area contributed by atoms with Crippen molar-refractivity contribution in [2.24, 2.45) is 17.4 Å². The Morgan fingerprint density at radius 3 is 2.47 bits per heavy atom. The molecule has 0 aromatic carbocycles. The molecule has 1 aliphatic carbocycles. The molecule has 112 valence electrons. The molecule has 0 spiro atoms. The van der Waals surface area contributed by atoms with E-state index in [0.29, 0.717) is 24.4 Å². The van der Waals surface area contributed by atoms with Crippen LogP contribution in [0.15, 0.2) is 0 Å². The Bertz CT molecular complexity index is 244. The molecule has 4 nitrogen and oxygen atoms in total. The fraction of sp³-hybridized carbons (Fsp3) is 0.933. The van der Waals surface area contributed by atoms with Crippen LogP contribution in [0.25, 0.3) is 0 Å². The van der Waals surface area contributed by atoms with Crippen LogP contribution >= 0.6 is 0 Å². The van der Waals surface area contributed by atoms with Crippen LogP contribution in [0.2, 0.25) is 0 Å². The minimum atomic E-state index is 0.207. The summed E-state index contributed by atoms with van der Waals surface area (Å²) in [5, 5.41) is 3.15. The highest BCUT2D eigenvalue weighted by molar-refractivity contribution is 5.76. The molecule has 1 unspecified atom stereocenters. The van der Waals surface area contributed by atoms with Crippen LogP contribution in [-0.2, 0) is 4.79 Å². The SMILES string of the molecule is CCCC(CCN)CCC(=O)NC1CCC(N)CC1. The Morgan fingerprint density at radius 2 is 1.89 bits per heavy atom. The highest BCUT2D eigenvalue weighted by Crippen LogP contribution is 2.19. The van der Waals surface area contributed by atoms with Crippen LogP contribution < -0.4 is 16.8 Å². The molecule has 1 saturated carbocycles. The number of nitrogens with one attached hydrogen (secondary N) is 1. The van der Waals surface area contributed by atoms with Crippen molar-refractivity contribution in [2.45, 2.75) is 76.8 Å². The van der Waals surface area contributed by atoms with E-state index in [1.165, 1.54) is 12.8 Å². The van der Waals surface area contributed by atoms with E-state index < -0.39 is 0 Å². The van der Waals surface area contributed by atoms with E-state index in [4.69, 9.17) is 11.5 Å². The van der Waals surface area contributed by atoms with Crippen molar-refractivity contribution in [1.82, 2.24) is 5.32 Å². The summed E-state index contributed by atoms with van der Waals surface area (Å²) in [4.78, 5) is 11.9. The van der Waals surface area contributed by atoms with Gasteiger partial charge in [0.05, 0.1) is 0 Å². The van der Waals surface area contributed by atoms with Crippen molar-refractivity contribution < 1.29 is 4.79 Å². The van der Waals surface area contributed by atoms with Gasteiger partial charge in [0.15, 0.2) is 0 Å². The fourth-order valence-electron chi connectivity index (χ4n) is 2.98. The minimum Gasteiger partial charge on any atom is -0.353 e. The summed E-state index contributed by atoms with van der Waals surface area (Å²) in [6, 6.07) is 0.693. The van der Waals surface area contributed by atoms with Crippen LogP contribution in [0.1, 0.15) is 64.7 Å². The first kappa shape index (κ1) is 16.4. The van der Waals surface area contributed by atoms with Crippen LogP contribution in [0.5, 0.6) is 0 Å². The number of hydrogen-bond donors (Lipinski definition) is 3. The van der Waals surface area contributed by atoms with Gasteiger partial charge in [-0.1, -0.05) is 19.8 Å². The van der Waals surface area contributed by atoms with Gasteiger partial charge in [0.1, 0.15) is 0 Å². The molecule has 0 heterocycles. The molecular formula is C15H31N3O. The quantitative estimate of drug-likeness (QED) is 0.629. The Hall–Kier alpha value is -0.610. The van der Waals surface area contributed by atoms with Gasteiger partial charge in [0.25, 0.3) is 0 Å². The smallest absolute Gasteiger partial charge is 0.220 e. The lowest BCUT2D eigenvalue weighted by Crippen LogP contribution is -2.40. The number of carbonyl (C=O) groups excluding carboxylic acids is 1. The first-order valence-corrected chi connectivity index (χ1v) is 7.90. The third-order valence-corrected chi connectivity index (χ3v) is 4.19. The topological polar surface area (TPSA) is 81.1 Å². The Kier molecular flexibility index (Phi) is 8.07. The average molecular weight is 269 g/mol. The second-order valence-electron chi connectivity index (χ2n) is 5.95. The van der Waals surface area contributed by atoms with Gasteiger partial charge in [0, 0.05) is 18.5 Å². The molecule has 0 saturated heterocycles. The normalized spacial score (nSPS) is 25.0. The zero-order valence-electron chi connectivity index (χ0n) is 12.4. The number of amides is 1. The summed E-state index contributed by atoms with van der Waals surface area (Å²) in [6.45, 7) is 2.92. The van der Waals surface area contributed by atoms with E-state index in [-0.39, 0.29) is 5.91 Å². The van der Waals surface area contributed by atoms with Gasteiger partial charge in [0.2, 0.25) is 5.91 Å². The first-order chi connectivity index (χ1) is 9.15. The second-order valence-corrected chi connectivity index (χ2v) is 5.95. The summed E-state index contributed by atoms with van der Waals surface area (Å²) >= 11 is 0. The molecule has 5 N–H and O–H groups in total. The van der Waals surface area contributed by atoms with Gasteiger partial charge in [-0.2, -0.15) is 0 Å². The van der Waals surface area contributed by atoms with Gasteiger partial charge < -0.3 is 16.8 Å². The molecule has 1 fully saturated rings. The van der Waals surface area contributed by atoms with Crippen LogP contribution in [0.4, 0.5) is 0 Å².